The van der Waals surface area contributed by atoms with Crippen molar-refractivity contribution < 1.29 is 18.8 Å². The minimum atomic E-state index is -0.441. The van der Waals surface area contributed by atoms with Gasteiger partial charge in [-0.3, -0.25) is 0 Å². The van der Waals surface area contributed by atoms with Gasteiger partial charge in [-0.15, -0.1) is 0 Å². The zero-order valence-electron chi connectivity index (χ0n) is 12.8. The highest BCUT2D eigenvalue weighted by molar-refractivity contribution is 5.87. The number of aryl methyl sites for hydroxylation is 1. The molecule has 5 heteroatoms. The van der Waals surface area contributed by atoms with Gasteiger partial charge in [0.25, 0.3) is 0 Å². The monoisotopic (exact) mass is 303 g/mol. The molecule has 2 rings (SSSR count). The number of hydrogen-bond acceptors (Lipinski definition) is 5. The topological polar surface area (TPSA) is 61.6 Å². The Morgan fingerprint density at radius 1 is 1.23 bits per heavy atom. The SMILES string of the molecule is CCOC(=O)c1cc(CCCCOCc2ccccc2)on1. The molecule has 0 spiro atoms. The lowest BCUT2D eigenvalue weighted by Gasteiger charge is -2.03. The molecular formula is C17H21NO4. The third-order valence-corrected chi connectivity index (χ3v) is 3.12. The molecule has 1 aromatic carbocycles. The molecule has 0 radical (unpaired) electrons. The second kappa shape index (κ2) is 9.00. The van der Waals surface area contributed by atoms with Crippen LogP contribution in [0, 0.1) is 0 Å². The van der Waals surface area contributed by atoms with E-state index in [0.717, 1.165) is 19.3 Å². The lowest BCUT2D eigenvalue weighted by Crippen LogP contribution is -2.04. The minimum Gasteiger partial charge on any atom is -0.461 e. The van der Waals surface area contributed by atoms with Crippen LogP contribution in [0.3, 0.4) is 0 Å². The van der Waals surface area contributed by atoms with Gasteiger partial charge in [0.1, 0.15) is 5.76 Å². The molecule has 5 nitrogen and oxygen atoms in total. The Balaban J connectivity index is 1.60. The normalized spacial score (nSPS) is 10.6. The average molecular weight is 303 g/mol. The highest BCUT2D eigenvalue weighted by atomic mass is 16.5. The van der Waals surface area contributed by atoms with Gasteiger partial charge in [0.05, 0.1) is 13.2 Å². The zero-order chi connectivity index (χ0) is 15.6. The second-order valence-electron chi connectivity index (χ2n) is 4.89. The fourth-order valence-electron chi connectivity index (χ4n) is 2.00. The Morgan fingerprint density at radius 2 is 2.05 bits per heavy atom. The van der Waals surface area contributed by atoms with Crippen molar-refractivity contribution in [2.75, 3.05) is 13.2 Å². The third kappa shape index (κ3) is 5.33. The number of nitrogens with zero attached hydrogens (tertiary/aromatic N) is 1. The van der Waals surface area contributed by atoms with E-state index in [4.69, 9.17) is 14.0 Å². The van der Waals surface area contributed by atoms with Crippen molar-refractivity contribution in [1.29, 1.82) is 0 Å². The lowest BCUT2D eigenvalue weighted by atomic mass is 10.2. The first-order chi connectivity index (χ1) is 10.8. The predicted molar refractivity (Wildman–Crippen MR) is 81.5 cm³/mol. The summed E-state index contributed by atoms with van der Waals surface area (Å²) in [6.07, 6.45) is 2.59. The Labute approximate surface area is 130 Å². The average Bonchev–Trinajstić information content (AvgIpc) is 3.01. The van der Waals surface area contributed by atoms with Crippen molar-refractivity contribution in [3.8, 4) is 0 Å². The van der Waals surface area contributed by atoms with Gasteiger partial charge in [-0.1, -0.05) is 35.5 Å². The first kappa shape index (κ1) is 16.2. The summed E-state index contributed by atoms with van der Waals surface area (Å²) in [5, 5.41) is 3.71. The Kier molecular flexibility index (Phi) is 6.64. The van der Waals surface area contributed by atoms with Crippen LogP contribution < -0.4 is 0 Å². The summed E-state index contributed by atoms with van der Waals surface area (Å²) in [6.45, 7) is 3.43. The summed E-state index contributed by atoms with van der Waals surface area (Å²) in [4.78, 5) is 11.4. The molecule has 0 unspecified atom stereocenters. The second-order valence-corrected chi connectivity index (χ2v) is 4.89. The van der Waals surface area contributed by atoms with Crippen molar-refractivity contribution in [1.82, 2.24) is 5.16 Å². The van der Waals surface area contributed by atoms with Gasteiger partial charge in [0.2, 0.25) is 0 Å². The number of carbonyl (C=O) groups excluding carboxylic acids is 1. The van der Waals surface area contributed by atoms with E-state index in [2.05, 4.69) is 5.16 Å². The quantitative estimate of drug-likeness (QED) is 0.525. The molecule has 0 saturated carbocycles. The first-order valence-electron chi connectivity index (χ1n) is 7.54. The molecule has 0 aliphatic heterocycles. The van der Waals surface area contributed by atoms with Crippen LogP contribution >= 0.6 is 0 Å². The van der Waals surface area contributed by atoms with Crippen molar-refractivity contribution >= 4 is 5.97 Å². The molecular weight excluding hydrogens is 282 g/mol. The van der Waals surface area contributed by atoms with E-state index in [0.29, 0.717) is 25.6 Å². The molecule has 0 aliphatic carbocycles. The van der Waals surface area contributed by atoms with Crippen molar-refractivity contribution in [2.45, 2.75) is 32.8 Å². The fraction of sp³-hybridized carbons (Fsp3) is 0.412. The van der Waals surface area contributed by atoms with Crippen molar-refractivity contribution in [3.63, 3.8) is 0 Å². The number of hydrogen-bond donors (Lipinski definition) is 0. The van der Waals surface area contributed by atoms with E-state index in [1.54, 1.807) is 13.0 Å². The standard InChI is InChI=1S/C17H21NO4/c1-2-21-17(19)16-12-15(22-18-16)10-6-7-11-20-13-14-8-4-3-5-9-14/h3-5,8-9,12H,2,6-7,10-11,13H2,1H3. The molecule has 0 N–H and O–H groups in total. The van der Waals surface area contributed by atoms with E-state index >= 15 is 0 Å². The number of benzene rings is 1. The maximum Gasteiger partial charge on any atom is 0.360 e. The van der Waals surface area contributed by atoms with Crippen LogP contribution in [0.15, 0.2) is 40.9 Å². The molecule has 2 aromatic rings. The molecule has 0 amide bonds. The van der Waals surface area contributed by atoms with Gasteiger partial charge in [0.15, 0.2) is 5.69 Å². The Bertz CT molecular complexity index is 565. The molecule has 0 bridgehead atoms. The maximum atomic E-state index is 11.4. The molecule has 0 fully saturated rings. The number of carbonyl (C=O) groups is 1. The number of unbranched alkanes of at least 4 members (excludes halogenated alkanes) is 1. The molecule has 22 heavy (non-hydrogen) atoms. The van der Waals surface area contributed by atoms with Crippen LogP contribution in [0.1, 0.15) is 41.6 Å². The Hall–Kier alpha value is -2.14. The fourth-order valence-corrected chi connectivity index (χ4v) is 2.00. The maximum absolute atomic E-state index is 11.4. The van der Waals surface area contributed by atoms with Gasteiger partial charge in [-0.25, -0.2) is 4.79 Å². The molecule has 1 aromatic heterocycles. The van der Waals surface area contributed by atoms with E-state index in [1.165, 1.54) is 5.56 Å². The smallest absolute Gasteiger partial charge is 0.360 e. The van der Waals surface area contributed by atoms with Gasteiger partial charge >= 0.3 is 5.97 Å². The zero-order valence-corrected chi connectivity index (χ0v) is 12.8. The number of aromatic nitrogens is 1. The van der Waals surface area contributed by atoms with Crippen LogP contribution in [-0.2, 0) is 22.5 Å². The summed E-state index contributed by atoms with van der Waals surface area (Å²) in [5.74, 6) is 0.259. The van der Waals surface area contributed by atoms with Gasteiger partial charge in [0, 0.05) is 19.1 Å². The van der Waals surface area contributed by atoms with E-state index in [9.17, 15) is 4.79 Å². The van der Waals surface area contributed by atoms with Crippen LogP contribution in [0.4, 0.5) is 0 Å². The first-order valence-corrected chi connectivity index (χ1v) is 7.54. The third-order valence-electron chi connectivity index (χ3n) is 3.12. The lowest BCUT2D eigenvalue weighted by molar-refractivity contribution is 0.0514. The summed E-state index contributed by atoms with van der Waals surface area (Å²) < 4.78 is 15.6. The molecule has 0 atom stereocenters. The van der Waals surface area contributed by atoms with Crippen LogP contribution in [0.2, 0.25) is 0 Å². The van der Waals surface area contributed by atoms with Crippen molar-refractivity contribution in [3.05, 3.63) is 53.4 Å². The Morgan fingerprint density at radius 3 is 2.82 bits per heavy atom. The van der Waals surface area contributed by atoms with Gasteiger partial charge in [-0.05, 0) is 25.3 Å². The molecule has 1 heterocycles. The van der Waals surface area contributed by atoms with Gasteiger partial charge in [-0.2, -0.15) is 0 Å². The highest BCUT2D eigenvalue weighted by Gasteiger charge is 2.12. The summed E-state index contributed by atoms with van der Waals surface area (Å²) in [5.41, 5.74) is 1.41. The number of esters is 1. The van der Waals surface area contributed by atoms with Crippen LogP contribution in [0.5, 0.6) is 0 Å². The predicted octanol–water partition coefficient (Wildman–Crippen LogP) is 3.39. The summed E-state index contributed by atoms with van der Waals surface area (Å²) in [6, 6.07) is 11.7. The van der Waals surface area contributed by atoms with E-state index in [-0.39, 0.29) is 5.69 Å². The van der Waals surface area contributed by atoms with Gasteiger partial charge < -0.3 is 14.0 Å². The molecule has 0 aliphatic rings. The summed E-state index contributed by atoms with van der Waals surface area (Å²) in [7, 11) is 0. The molecule has 0 saturated heterocycles. The highest BCUT2D eigenvalue weighted by Crippen LogP contribution is 2.09. The number of ether oxygens (including phenoxy) is 2. The number of rotatable bonds is 9. The van der Waals surface area contributed by atoms with Crippen LogP contribution in [-0.4, -0.2) is 24.3 Å². The van der Waals surface area contributed by atoms with Crippen molar-refractivity contribution in [2.24, 2.45) is 0 Å². The largest absolute Gasteiger partial charge is 0.461 e. The molecule has 118 valence electrons. The van der Waals surface area contributed by atoms with E-state index in [1.807, 2.05) is 30.3 Å². The summed E-state index contributed by atoms with van der Waals surface area (Å²) >= 11 is 0. The van der Waals surface area contributed by atoms with Crippen LogP contribution in [0.25, 0.3) is 0 Å². The van der Waals surface area contributed by atoms with E-state index < -0.39 is 5.97 Å². The minimum absolute atomic E-state index is 0.233.